The zero-order valence-corrected chi connectivity index (χ0v) is 11.5. The summed E-state index contributed by atoms with van der Waals surface area (Å²) < 4.78 is 0. The molecule has 0 amide bonds. The van der Waals surface area contributed by atoms with Gasteiger partial charge >= 0.3 is 0 Å². The van der Waals surface area contributed by atoms with E-state index in [4.69, 9.17) is 5.73 Å². The van der Waals surface area contributed by atoms with Crippen molar-refractivity contribution in [3.63, 3.8) is 0 Å². The maximum Gasteiger partial charge on any atom is 0.159 e. The summed E-state index contributed by atoms with van der Waals surface area (Å²) in [4.78, 5) is 10.3. The van der Waals surface area contributed by atoms with Gasteiger partial charge < -0.3 is 5.73 Å². The lowest BCUT2D eigenvalue weighted by molar-refractivity contribution is 0.904. The lowest BCUT2D eigenvalue weighted by atomic mass is 10.2. The molecule has 0 unspecified atom stereocenters. The van der Waals surface area contributed by atoms with Crippen LogP contribution in [-0.2, 0) is 6.42 Å². The largest absolute Gasteiger partial charge is 0.330 e. The third kappa shape index (κ3) is 3.09. The van der Waals surface area contributed by atoms with Gasteiger partial charge in [-0.1, -0.05) is 12.1 Å². The van der Waals surface area contributed by atoms with Crippen LogP contribution in [0, 0.1) is 6.92 Å². The van der Waals surface area contributed by atoms with E-state index in [1.54, 1.807) is 11.8 Å². The van der Waals surface area contributed by atoms with E-state index in [1.165, 1.54) is 4.90 Å². The number of nitrogens with two attached hydrogens (primary N) is 1. The van der Waals surface area contributed by atoms with Crippen LogP contribution in [0.1, 0.15) is 11.4 Å². The molecular weight excluding hydrogens is 242 g/mol. The first kappa shape index (κ1) is 13.1. The Kier molecular flexibility index (Phi) is 4.33. The smallest absolute Gasteiger partial charge is 0.159 e. The summed E-state index contributed by atoms with van der Waals surface area (Å²) in [5, 5.41) is 0. The molecule has 0 atom stereocenters. The molecule has 0 aliphatic carbocycles. The summed E-state index contributed by atoms with van der Waals surface area (Å²) in [5.74, 6) is 0.783. The van der Waals surface area contributed by atoms with E-state index in [0.29, 0.717) is 6.54 Å². The highest BCUT2D eigenvalue weighted by Gasteiger charge is 2.04. The van der Waals surface area contributed by atoms with Gasteiger partial charge in [-0.15, -0.1) is 11.8 Å². The maximum atomic E-state index is 5.57. The number of hydrogen-bond donors (Lipinski definition) is 1. The molecule has 0 spiro atoms. The monoisotopic (exact) mass is 259 g/mol. The predicted octanol–water partition coefficient (Wildman–Crippen LogP) is 2.68. The third-order valence-electron chi connectivity index (χ3n) is 2.66. The molecule has 0 fully saturated rings. The van der Waals surface area contributed by atoms with Gasteiger partial charge in [0.1, 0.15) is 0 Å². The van der Waals surface area contributed by atoms with Crippen molar-refractivity contribution in [3.05, 3.63) is 41.7 Å². The molecule has 0 aliphatic rings. The van der Waals surface area contributed by atoms with E-state index < -0.39 is 0 Å². The Morgan fingerprint density at radius 2 is 1.89 bits per heavy atom. The molecule has 3 nitrogen and oxygen atoms in total. The fourth-order valence-electron chi connectivity index (χ4n) is 1.78. The number of hydrogen-bond acceptors (Lipinski definition) is 4. The van der Waals surface area contributed by atoms with Crippen molar-refractivity contribution in [1.82, 2.24) is 9.97 Å². The summed E-state index contributed by atoms with van der Waals surface area (Å²) in [6.45, 7) is 2.60. The van der Waals surface area contributed by atoms with Gasteiger partial charge in [0, 0.05) is 28.3 Å². The van der Waals surface area contributed by atoms with Crippen molar-refractivity contribution in [1.29, 1.82) is 0 Å². The molecule has 0 saturated carbocycles. The molecule has 1 aromatic carbocycles. The maximum absolute atomic E-state index is 5.57. The van der Waals surface area contributed by atoms with Gasteiger partial charge in [0.15, 0.2) is 5.82 Å². The van der Waals surface area contributed by atoms with Gasteiger partial charge in [-0.2, -0.15) is 0 Å². The van der Waals surface area contributed by atoms with Crippen LogP contribution in [0.25, 0.3) is 11.4 Å². The Bertz CT molecular complexity index is 523. The van der Waals surface area contributed by atoms with Crippen molar-refractivity contribution in [2.45, 2.75) is 18.2 Å². The Morgan fingerprint density at radius 3 is 2.50 bits per heavy atom. The molecule has 0 bridgehead atoms. The van der Waals surface area contributed by atoms with Gasteiger partial charge in [0.05, 0.1) is 0 Å². The summed E-state index contributed by atoms with van der Waals surface area (Å²) in [6.07, 6.45) is 2.86. The van der Waals surface area contributed by atoms with Crippen LogP contribution in [0.5, 0.6) is 0 Å². The molecule has 0 aliphatic heterocycles. The van der Waals surface area contributed by atoms with Crippen LogP contribution in [0.3, 0.4) is 0 Å². The number of benzene rings is 1. The first-order valence-corrected chi connectivity index (χ1v) is 7.14. The Balaban J connectivity index is 2.36. The van der Waals surface area contributed by atoms with E-state index in [9.17, 15) is 0 Å². The molecule has 4 heteroatoms. The second-order valence-corrected chi connectivity index (χ2v) is 4.97. The minimum atomic E-state index is 0.612. The van der Waals surface area contributed by atoms with Crippen LogP contribution < -0.4 is 5.73 Å². The van der Waals surface area contributed by atoms with Gasteiger partial charge in [-0.25, -0.2) is 9.97 Å². The van der Waals surface area contributed by atoms with E-state index in [0.717, 1.165) is 29.2 Å². The number of thioether (sulfide) groups is 1. The summed E-state index contributed by atoms with van der Waals surface area (Å²) in [5.41, 5.74) is 8.62. The third-order valence-corrected chi connectivity index (χ3v) is 3.40. The van der Waals surface area contributed by atoms with E-state index in [2.05, 4.69) is 40.5 Å². The van der Waals surface area contributed by atoms with E-state index in [-0.39, 0.29) is 0 Å². The molecule has 2 aromatic rings. The first-order chi connectivity index (χ1) is 8.72. The van der Waals surface area contributed by atoms with Crippen LogP contribution in [0.15, 0.2) is 35.2 Å². The molecule has 0 saturated heterocycles. The van der Waals surface area contributed by atoms with E-state index in [1.807, 2.05) is 13.0 Å². The number of nitrogens with zero attached hydrogens (tertiary/aromatic N) is 2. The molecule has 0 radical (unpaired) electrons. The number of rotatable bonds is 4. The lowest BCUT2D eigenvalue weighted by Crippen LogP contribution is -2.06. The summed E-state index contributed by atoms with van der Waals surface area (Å²) in [6, 6.07) is 10.3. The SMILES string of the molecule is CSc1ccc(-c2nc(C)cc(CCN)n2)cc1. The minimum Gasteiger partial charge on any atom is -0.330 e. The van der Waals surface area contributed by atoms with Crippen molar-refractivity contribution in [3.8, 4) is 11.4 Å². The summed E-state index contributed by atoms with van der Waals surface area (Å²) in [7, 11) is 0. The molecule has 2 rings (SSSR count). The molecule has 2 N–H and O–H groups in total. The number of aromatic nitrogens is 2. The standard InChI is InChI=1S/C14H17N3S/c1-10-9-12(7-8-15)17-14(16-10)11-3-5-13(18-2)6-4-11/h3-6,9H,7-8,15H2,1-2H3. The van der Waals surface area contributed by atoms with Gasteiger partial charge in [0.25, 0.3) is 0 Å². The van der Waals surface area contributed by atoms with Crippen molar-refractivity contribution < 1.29 is 0 Å². The van der Waals surface area contributed by atoms with Gasteiger partial charge in [0.2, 0.25) is 0 Å². The Morgan fingerprint density at radius 1 is 1.17 bits per heavy atom. The van der Waals surface area contributed by atoms with Crippen molar-refractivity contribution >= 4 is 11.8 Å². The number of aryl methyl sites for hydroxylation is 1. The van der Waals surface area contributed by atoms with Gasteiger partial charge in [-0.3, -0.25) is 0 Å². The quantitative estimate of drug-likeness (QED) is 0.858. The van der Waals surface area contributed by atoms with Crippen LogP contribution in [-0.4, -0.2) is 22.8 Å². The Labute approximate surface area is 112 Å². The van der Waals surface area contributed by atoms with Crippen LogP contribution >= 0.6 is 11.8 Å². The zero-order valence-electron chi connectivity index (χ0n) is 10.7. The molecule has 1 heterocycles. The summed E-state index contributed by atoms with van der Waals surface area (Å²) >= 11 is 1.73. The van der Waals surface area contributed by atoms with Crippen molar-refractivity contribution in [2.75, 3.05) is 12.8 Å². The highest BCUT2D eigenvalue weighted by Crippen LogP contribution is 2.21. The lowest BCUT2D eigenvalue weighted by Gasteiger charge is -2.06. The van der Waals surface area contributed by atoms with E-state index >= 15 is 0 Å². The molecular formula is C14H17N3S. The zero-order chi connectivity index (χ0) is 13.0. The fraction of sp³-hybridized carbons (Fsp3) is 0.286. The molecule has 18 heavy (non-hydrogen) atoms. The first-order valence-electron chi connectivity index (χ1n) is 5.92. The molecule has 94 valence electrons. The second-order valence-electron chi connectivity index (χ2n) is 4.09. The topological polar surface area (TPSA) is 51.8 Å². The minimum absolute atomic E-state index is 0.612. The van der Waals surface area contributed by atoms with Crippen LogP contribution in [0.4, 0.5) is 0 Å². The molecule has 1 aromatic heterocycles. The average Bonchev–Trinajstić information content (AvgIpc) is 2.38. The van der Waals surface area contributed by atoms with Crippen molar-refractivity contribution in [2.24, 2.45) is 5.73 Å². The fourth-order valence-corrected chi connectivity index (χ4v) is 2.19. The second kappa shape index (κ2) is 5.98. The highest BCUT2D eigenvalue weighted by atomic mass is 32.2. The predicted molar refractivity (Wildman–Crippen MR) is 76.7 cm³/mol. The normalized spacial score (nSPS) is 10.6. The highest BCUT2D eigenvalue weighted by molar-refractivity contribution is 7.98. The van der Waals surface area contributed by atoms with Crippen LogP contribution in [0.2, 0.25) is 0 Å². The Hall–Kier alpha value is -1.39. The van der Waals surface area contributed by atoms with Gasteiger partial charge in [-0.05, 0) is 37.9 Å². The average molecular weight is 259 g/mol.